The van der Waals surface area contributed by atoms with Crippen LogP contribution < -0.4 is 14.8 Å². The minimum atomic E-state index is -0.104. The highest BCUT2D eigenvalue weighted by atomic mass is 16.5. The first-order chi connectivity index (χ1) is 16.0. The molecule has 4 rings (SSSR count). The van der Waals surface area contributed by atoms with Gasteiger partial charge in [0, 0.05) is 23.8 Å². The van der Waals surface area contributed by atoms with Crippen molar-refractivity contribution in [3.63, 3.8) is 0 Å². The van der Waals surface area contributed by atoms with E-state index in [1.165, 1.54) is 16.3 Å². The summed E-state index contributed by atoms with van der Waals surface area (Å²) in [6.45, 7) is 4.40. The fourth-order valence-electron chi connectivity index (χ4n) is 5.13. The van der Waals surface area contributed by atoms with Gasteiger partial charge in [0.15, 0.2) is 11.5 Å². The summed E-state index contributed by atoms with van der Waals surface area (Å²) in [6, 6.07) is 19.3. The van der Waals surface area contributed by atoms with Gasteiger partial charge in [-0.3, -0.25) is 9.69 Å². The molecule has 0 radical (unpaired) electrons. The van der Waals surface area contributed by atoms with Crippen molar-refractivity contribution in [3.8, 4) is 11.5 Å². The van der Waals surface area contributed by atoms with Gasteiger partial charge in [-0.15, -0.1) is 0 Å². The maximum absolute atomic E-state index is 13.4. The molecule has 0 bridgehead atoms. The molecule has 3 atom stereocenters. The van der Waals surface area contributed by atoms with Gasteiger partial charge in [-0.25, -0.2) is 0 Å². The van der Waals surface area contributed by atoms with Crippen LogP contribution in [0.15, 0.2) is 54.6 Å². The number of ether oxygens (including phenoxy) is 2. The third kappa shape index (κ3) is 4.55. The smallest absolute Gasteiger partial charge is 0.229 e. The molecule has 1 amide bonds. The van der Waals surface area contributed by atoms with Gasteiger partial charge >= 0.3 is 0 Å². The van der Waals surface area contributed by atoms with Gasteiger partial charge in [0.1, 0.15) is 0 Å². The van der Waals surface area contributed by atoms with E-state index in [0.717, 1.165) is 30.5 Å². The second kappa shape index (κ2) is 9.84. The van der Waals surface area contributed by atoms with Gasteiger partial charge in [-0.05, 0) is 67.3 Å². The van der Waals surface area contributed by atoms with Crippen molar-refractivity contribution in [2.24, 2.45) is 5.92 Å². The highest BCUT2D eigenvalue weighted by Gasteiger charge is 2.34. The summed E-state index contributed by atoms with van der Waals surface area (Å²) in [5, 5.41) is 5.66. The van der Waals surface area contributed by atoms with E-state index in [-0.39, 0.29) is 23.9 Å². The molecule has 3 aromatic carbocycles. The molecule has 3 aromatic rings. The average molecular weight is 447 g/mol. The number of aryl methyl sites for hydroxylation is 1. The Bertz CT molecular complexity index is 1140. The third-order valence-corrected chi connectivity index (χ3v) is 7.20. The Morgan fingerprint density at radius 2 is 1.73 bits per heavy atom. The third-order valence-electron chi connectivity index (χ3n) is 7.20. The standard InChI is InChI=1S/C28H34N2O3/c1-6-25(30(3)18(2)20-12-11-19-9-7-8-10-21(19)15-20)23-14-13-22-16-26(32-4)27(33-5)17-24(22)29-28(23)31/h7-12,15-18,23,25H,6,13-14H2,1-5H3,(H,29,31). The fourth-order valence-corrected chi connectivity index (χ4v) is 5.13. The van der Waals surface area contributed by atoms with Crippen molar-refractivity contribution in [2.75, 3.05) is 26.6 Å². The van der Waals surface area contributed by atoms with Gasteiger partial charge in [0.25, 0.3) is 0 Å². The Morgan fingerprint density at radius 3 is 2.42 bits per heavy atom. The minimum Gasteiger partial charge on any atom is -0.493 e. The fraction of sp³-hybridized carbons (Fsp3) is 0.393. The molecule has 1 aliphatic rings. The van der Waals surface area contributed by atoms with Crippen LogP contribution in [0.4, 0.5) is 5.69 Å². The highest BCUT2D eigenvalue weighted by molar-refractivity contribution is 5.95. The van der Waals surface area contributed by atoms with Crippen LogP contribution in [0.2, 0.25) is 0 Å². The minimum absolute atomic E-state index is 0.0744. The van der Waals surface area contributed by atoms with E-state index in [1.54, 1.807) is 14.2 Å². The van der Waals surface area contributed by atoms with E-state index in [2.05, 4.69) is 73.6 Å². The first kappa shape index (κ1) is 23.1. The van der Waals surface area contributed by atoms with Crippen molar-refractivity contribution in [1.29, 1.82) is 0 Å². The van der Waals surface area contributed by atoms with E-state index in [1.807, 2.05) is 12.1 Å². The molecule has 1 aliphatic heterocycles. The van der Waals surface area contributed by atoms with E-state index in [4.69, 9.17) is 9.47 Å². The van der Waals surface area contributed by atoms with Crippen LogP contribution in [0.3, 0.4) is 0 Å². The lowest BCUT2D eigenvalue weighted by Gasteiger charge is -2.37. The Labute approximate surface area is 196 Å². The summed E-state index contributed by atoms with van der Waals surface area (Å²) in [5.41, 5.74) is 3.17. The normalized spacial score (nSPS) is 17.8. The molecule has 0 fully saturated rings. The largest absolute Gasteiger partial charge is 0.493 e. The average Bonchev–Trinajstić information content (AvgIpc) is 3.00. The van der Waals surface area contributed by atoms with Gasteiger partial charge in [0.05, 0.1) is 20.1 Å². The lowest BCUT2D eigenvalue weighted by Crippen LogP contribution is -2.43. The van der Waals surface area contributed by atoms with Crippen molar-refractivity contribution >= 4 is 22.4 Å². The van der Waals surface area contributed by atoms with Crippen LogP contribution in [-0.2, 0) is 11.2 Å². The van der Waals surface area contributed by atoms with Gasteiger partial charge in [0.2, 0.25) is 5.91 Å². The Balaban J connectivity index is 1.57. The Morgan fingerprint density at radius 1 is 1.03 bits per heavy atom. The number of carbonyl (C=O) groups is 1. The number of amides is 1. The summed E-state index contributed by atoms with van der Waals surface area (Å²) in [4.78, 5) is 15.7. The van der Waals surface area contributed by atoms with E-state index < -0.39 is 0 Å². The quantitative estimate of drug-likeness (QED) is 0.496. The number of hydrogen-bond acceptors (Lipinski definition) is 4. The molecule has 1 N–H and O–H groups in total. The zero-order valence-electron chi connectivity index (χ0n) is 20.2. The summed E-state index contributed by atoms with van der Waals surface area (Å²) >= 11 is 0. The van der Waals surface area contributed by atoms with E-state index in [0.29, 0.717) is 11.5 Å². The summed E-state index contributed by atoms with van der Waals surface area (Å²) in [7, 11) is 5.39. The summed E-state index contributed by atoms with van der Waals surface area (Å²) < 4.78 is 10.9. The molecule has 174 valence electrons. The van der Waals surface area contributed by atoms with Gasteiger partial charge in [-0.1, -0.05) is 43.3 Å². The summed E-state index contributed by atoms with van der Waals surface area (Å²) in [5.74, 6) is 1.29. The molecule has 0 saturated carbocycles. The maximum atomic E-state index is 13.4. The van der Waals surface area contributed by atoms with Crippen LogP contribution in [-0.4, -0.2) is 38.1 Å². The Kier molecular flexibility index (Phi) is 6.89. The molecule has 0 aromatic heterocycles. The van der Waals surface area contributed by atoms with Gasteiger partial charge < -0.3 is 14.8 Å². The number of rotatable bonds is 7. The number of anilines is 1. The number of benzene rings is 3. The first-order valence-corrected chi connectivity index (χ1v) is 11.7. The van der Waals surface area contributed by atoms with Crippen molar-refractivity contribution in [2.45, 2.75) is 45.2 Å². The second-order valence-electron chi connectivity index (χ2n) is 8.92. The van der Waals surface area contributed by atoms with Crippen LogP contribution in [0.25, 0.3) is 10.8 Å². The van der Waals surface area contributed by atoms with Crippen LogP contribution >= 0.6 is 0 Å². The Hall–Kier alpha value is -3.05. The van der Waals surface area contributed by atoms with Crippen LogP contribution in [0.1, 0.15) is 43.9 Å². The molecule has 33 heavy (non-hydrogen) atoms. The van der Waals surface area contributed by atoms with Gasteiger partial charge in [-0.2, -0.15) is 0 Å². The number of methoxy groups -OCH3 is 2. The maximum Gasteiger partial charge on any atom is 0.229 e. The van der Waals surface area contributed by atoms with Crippen LogP contribution in [0.5, 0.6) is 11.5 Å². The monoisotopic (exact) mass is 446 g/mol. The van der Waals surface area contributed by atoms with Crippen molar-refractivity contribution < 1.29 is 14.3 Å². The highest BCUT2D eigenvalue weighted by Crippen LogP contribution is 2.38. The predicted octanol–water partition coefficient (Wildman–Crippen LogP) is 5.83. The molecule has 0 spiro atoms. The first-order valence-electron chi connectivity index (χ1n) is 11.7. The van der Waals surface area contributed by atoms with Crippen LogP contribution in [0, 0.1) is 5.92 Å². The molecular weight excluding hydrogens is 412 g/mol. The number of hydrogen-bond donors (Lipinski definition) is 1. The summed E-state index contributed by atoms with van der Waals surface area (Å²) in [6.07, 6.45) is 2.50. The number of fused-ring (bicyclic) bond motifs is 2. The molecule has 1 heterocycles. The molecule has 0 saturated heterocycles. The molecule has 0 aliphatic carbocycles. The molecule has 5 heteroatoms. The predicted molar refractivity (Wildman–Crippen MR) is 134 cm³/mol. The lowest BCUT2D eigenvalue weighted by atomic mass is 9.88. The zero-order valence-corrected chi connectivity index (χ0v) is 20.2. The van der Waals surface area contributed by atoms with E-state index >= 15 is 0 Å². The molecular formula is C28H34N2O3. The topological polar surface area (TPSA) is 50.8 Å². The van der Waals surface area contributed by atoms with Crippen molar-refractivity contribution in [1.82, 2.24) is 4.90 Å². The SMILES string of the molecule is CCC(C1CCc2cc(OC)c(OC)cc2NC1=O)N(C)C(C)c1ccc2ccccc2c1. The number of nitrogens with zero attached hydrogens (tertiary/aromatic N) is 1. The number of nitrogens with one attached hydrogen (secondary N) is 1. The van der Waals surface area contributed by atoms with E-state index in [9.17, 15) is 4.79 Å². The second-order valence-corrected chi connectivity index (χ2v) is 8.92. The van der Waals surface area contributed by atoms with Crippen molar-refractivity contribution in [3.05, 3.63) is 65.7 Å². The molecule has 5 nitrogen and oxygen atoms in total. The zero-order chi connectivity index (χ0) is 23.5. The lowest BCUT2D eigenvalue weighted by molar-refractivity contribution is -0.122. The molecule has 3 unspecified atom stereocenters. The number of carbonyl (C=O) groups excluding carboxylic acids is 1.